The first-order valence-electron chi connectivity index (χ1n) is 5.46. The molecule has 0 amide bonds. The highest BCUT2D eigenvalue weighted by atomic mass is 79.9. The van der Waals surface area contributed by atoms with Gasteiger partial charge in [-0.3, -0.25) is 0 Å². The number of nitrogens with one attached hydrogen (secondary N) is 1. The predicted molar refractivity (Wildman–Crippen MR) is 70.1 cm³/mol. The van der Waals surface area contributed by atoms with E-state index in [1.165, 1.54) is 0 Å². The smallest absolute Gasteiger partial charge is 0.142 e. The Morgan fingerprint density at radius 2 is 2.12 bits per heavy atom. The Morgan fingerprint density at radius 3 is 2.81 bits per heavy atom. The number of unbranched alkanes of at least 4 members (excludes halogenated alkanes) is 2. The number of ether oxygens (including phenoxy) is 1. The van der Waals surface area contributed by atoms with Gasteiger partial charge in [0, 0.05) is 17.6 Å². The van der Waals surface area contributed by atoms with E-state index in [-0.39, 0.29) is 6.61 Å². The van der Waals surface area contributed by atoms with Crippen LogP contribution in [0.3, 0.4) is 0 Å². The first kappa shape index (κ1) is 13.3. The first-order chi connectivity index (χ1) is 7.77. The van der Waals surface area contributed by atoms with Gasteiger partial charge in [0.05, 0.1) is 12.8 Å². The number of hydrogen-bond donors (Lipinski definition) is 2. The van der Waals surface area contributed by atoms with E-state index in [4.69, 9.17) is 9.84 Å². The maximum Gasteiger partial charge on any atom is 0.142 e. The summed E-state index contributed by atoms with van der Waals surface area (Å²) in [5, 5.41) is 12.0. The van der Waals surface area contributed by atoms with Crippen molar-refractivity contribution in [3.8, 4) is 5.75 Å². The Morgan fingerprint density at radius 1 is 1.31 bits per heavy atom. The number of hydrogen-bond acceptors (Lipinski definition) is 3. The van der Waals surface area contributed by atoms with Crippen LogP contribution in [0, 0.1) is 0 Å². The largest absolute Gasteiger partial charge is 0.495 e. The van der Waals surface area contributed by atoms with Crippen LogP contribution in [0.15, 0.2) is 22.7 Å². The van der Waals surface area contributed by atoms with Crippen LogP contribution in [0.25, 0.3) is 0 Å². The summed E-state index contributed by atoms with van der Waals surface area (Å²) in [6, 6.07) is 5.89. The monoisotopic (exact) mass is 287 g/mol. The lowest BCUT2D eigenvalue weighted by atomic mass is 10.2. The molecule has 1 rings (SSSR count). The van der Waals surface area contributed by atoms with Crippen LogP contribution in [0.5, 0.6) is 5.75 Å². The van der Waals surface area contributed by atoms with Gasteiger partial charge in [-0.15, -0.1) is 0 Å². The fourth-order valence-electron chi connectivity index (χ4n) is 1.45. The molecule has 2 N–H and O–H groups in total. The van der Waals surface area contributed by atoms with Gasteiger partial charge in [0.2, 0.25) is 0 Å². The zero-order valence-electron chi connectivity index (χ0n) is 9.50. The van der Waals surface area contributed by atoms with Crippen molar-refractivity contribution in [2.45, 2.75) is 19.3 Å². The normalized spacial score (nSPS) is 10.2. The molecule has 0 unspecified atom stereocenters. The maximum atomic E-state index is 8.65. The molecular formula is C12H18BrNO2. The van der Waals surface area contributed by atoms with E-state index in [0.29, 0.717) is 0 Å². The second kappa shape index (κ2) is 7.52. The Kier molecular flexibility index (Phi) is 6.26. The van der Waals surface area contributed by atoms with Gasteiger partial charge in [-0.1, -0.05) is 15.9 Å². The molecule has 0 heterocycles. The maximum absolute atomic E-state index is 8.65. The van der Waals surface area contributed by atoms with Crippen molar-refractivity contribution < 1.29 is 9.84 Å². The molecule has 0 aliphatic carbocycles. The number of aliphatic hydroxyl groups excluding tert-OH is 1. The van der Waals surface area contributed by atoms with Gasteiger partial charge in [-0.2, -0.15) is 0 Å². The van der Waals surface area contributed by atoms with E-state index in [9.17, 15) is 0 Å². The zero-order valence-corrected chi connectivity index (χ0v) is 11.1. The second-order valence-corrected chi connectivity index (χ2v) is 4.47. The lowest BCUT2D eigenvalue weighted by Gasteiger charge is -2.11. The molecule has 0 radical (unpaired) electrons. The standard InChI is InChI=1S/C12H18BrNO2/c1-16-12-6-5-10(13)9-11(12)14-7-3-2-4-8-15/h5-6,9,14-15H,2-4,7-8H2,1H3. The summed E-state index contributed by atoms with van der Waals surface area (Å²) < 4.78 is 6.29. The number of rotatable bonds is 7. The number of benzene rings is 1. The van der Waals surface area contributed by atoms with Gasteiger partial charge in [0.15, 0.2) is 0 Å². The number of aliphatic hydroxyl groups is 1. The molecule has 0 bridgehead atoms. The highest BCUT2D eigenvalue weighted by molar-refractivity contribution is 9.10. The molecular weight excluding hydrogens is 270 g/mol. The van der Waals surface area contributed by atoms with Crippen molar-refractivity contribution >= 4 is 21.6 Å². The molecule has 16 heavy (non-hydrogen) atoms. The average Bonchev–Trinajstić information content (AvgIpc) is 2.29. The van der Waals surface area contributed by atoms with Crippen molar-refractivity contribution in [3.05, 3.63) is 22.7 Å². The zero-order chi connectivity index (χ0) is 11.8. The highest BCUT2D eigenvalue weighted by Crippen LogP contribution is 2.27. The van der Waals surface area contributed by atoms with Crippen LogP contribution in [-0.2, 0) is 0 Å². The first-order valence-corrected chi connectivity index (χ1v) is 6.25. The van der Waals surface area contributed by atoms with Gasteiger partial charge in [0.25, 0.3) is 0 Å². The third-order valence-corrected chi connectivity index (χ3v) is 2.81. The van der Waals surface area contributed by atoms with Crippen LogP contribution in [0.4, 0.5) is 5.69 Å². The molecule has 0 aliphatic rings. The van der Waals surface area contributed by atoms with E-state index < -0.39 is 0 Å². The van der Waals surface area contributed by atoms with Crippen LogP contribution in [0.2, 0.25) is 0 Å². The third-order valence-electron chi connectivity index (χ3n) is 2.31. The summed E-state index contributed by atoms with van der Waals surface area (Å²) in [6.45, 7) is 1.17. The van der Waals surface area contributed by atoms with Crippen molar-refractivity contribution in [1.82, 2.24) is 0 Å². The summed E-state index contributed by atoms with van der Waals surface area (Å²) in [5.74, 6) is 0.852. The molecule has 90 valence electrons. The topological polar surface area (TPSA) is 41.5 Å². The molecule has 0 fully saturated rings. The van der Waals surface area contributed by atoms with Crippen molar-refractivity contribution in [2.75, 3.05) is 25.6 Å². The van der Waals surface area contributed by atoms with E-state index in [2.05, 4.69) is 21.2 Å². The molecule has 0 atom stereocenters. The molecule has 3 nitrogen and oxygen atoms in total. The second-order valence-electron chi connectivity index (χ2n) is 3.56. The molecule has 0 saturated carbocycles. The third kappa shape index (κ3) is 4.41. The van der Waals surface area contributed by atoms with Gasteiger partial charge in [-0.25, -0.2) is 0 Å². The van der Waals surface area contributed by atoms with Crippen molar-refractivity contribution in [3.63, 3.8) is 0 Å². The fourth-order valence-corrected chi connectivity index (χ4v) is 1.82. The van der Waals surface area contributed by atoms with Crippen LogP contribution < -0.4 is 10.1 Å². The van der Waals surface area contributed by atoms with Gasteiger partial charge in [0.1, 0.15) is 5.75 Å². The Balaban J connectivity index is 2.42. The van der Waals surface area contributed by atoms with Crippen molar-refractivity contribution in [2.24, 2.45) is 0 Å². The Bertz CT molecular complexity index is 318. The van der Waals surface area contributed by atoms with Crippen LogP contribution >= 0.6 is 15.9 Å². The molecule has 1 aromatic carbocycles. The van der Waals surface area contributed by atoms with E-state index in [1.54, 1.807) is 7.11 Å². The van der Waals surface area contributed by atoms with Crippen LogP contribution in [0.1, 0.15) is 19.3 Å². The lowest BCUT2D eigenvalue weighted by molar-refractivity contribution is 0.283. The Labute approximate surface area is 105 Å². The van der Waals surface area contributed by atoms with Crippen LogP contribution in [-0.4, -0.2) is 25.4 Å². The van der Waals surface area contributed by atoms with Gasteiger partial charge < -0.3 is 15.2 Å². The Hall–Kier alpha value is -0.740. The number of anilines is 1. The quantitative estimate of drug-likeness (QED) is 0.758. The van der Waals surface area contributed by atoms with Crippen molar-refractivity contribution in [1.29, 1.82) is 0 Å². The fraction of sp³-hybridized carbons (Fsp3) is 0.500. The van der Waals surface area contributed by atoms with Gasteiger partial charge >= 0.3 is 0 Å². The SMILES string of the molecule is COc1ccc(Br)cc1NCCCCCO. The summed E-state index contributed by atoms with van der Waals surface area (Å²) in [7, 11) is 1.67. The number of halogens is 1. The van der Waals surface area contributed by atoms with Gasteiger partial charge in [-0.05, 0) is 37.5 Å². The molecule has 0 spiro atoms. The lowest BCUT2D eigenvalue weighted by Crippen LogP contribution is -2.03. The summed E-state index contributed by atoms with van der Waals surface area (Å²) in [6.07, 6.45) is 2.97. The minimum atomic E-state index is 0.278. The molecule has 4 heteroatoms. The molecule has 0 saturated heterocycles. The predicted octanol–water partition coefficient (Wildman–Crippen LogP) is 3.03. The van der Waals surface area contributed by atoms with E-state index in [1.807, 2.05) is 18.2 Å². The minimum absolute atomic E-state index is 0.278. The van der Waals surface area contributed by atoms with E-state index in [0.717, 1.165) is 41.7 Å². The summed E-state index contributed by atoms with van der Waals surface area (Å²) in [4.78, 5) is 0. The summed E-state index contributed by atoms with van der Waals surface area (Å²) >= 11 is 3.43. The molecule has 0 aliphatic heterocycles. The molecule has 1 aromatic rings. The molecule has 0 aromatic heterocycles. The van der Waals surface area contributed by atoms with E-state index >= 15 is 0 Å². The summed E-state index contributed by atoms with van der Waals surface area (Å²) in [5.41, 5.74) is 1.00. The number of methoxy groups -OCH3 is 1. The highest BCUT2D eigenvalue weighted by Gasteiger charge is 2.02. The minimum Gasteiger partial charge on any atom is -0.495 e. The average molecular weight is 288 g/mol.